The van der Waals surface area contributed by atoms with Crippen molar-refractivity contribution in [2.45, 2.75) is 27.3 Å². The van der Waals surface area contributed by atoms with Gasteiger partial charge in [-0.2, -0.15) is 0 Å². The number of aromatic nitrogens is 4. The molecule has 0 aliphatic carbocycles. The fourth-order valence-corrected chi connectivity index (χ4v) is 3.07. The minimum atomic E-state index is 0.658. The summed E-state index contributed by atoms with van der Waals surface area (Å²) in [5.41, 5.74) is 5.87. The molecule has 126 valence electrons. The normalized spacial score (nSPS) is 11.2. The van der Waals surface area contributed by atoms with Gasteiger partial charge < -0.3 is 14.8 Å². The van der Waals surface area contributed by atoms with E-state index in [0.29, 0.717) is 6.54 Å². The Morgan fingerprint density at radius 3 is 2.80 bits per heavy atom. The van der Waals surface area contributed by atoms with Crippen LogP contribution in [-0.4, -0.2) is 20.1 Å². The first kappa shape index (κ1) is 15.4. The molecular weight excluding hydrogens is 314 g/mol. The van der Waals surface area contributed by atoms with Gasteiger partial charge in [-0.15, -0.1) is 0 Å². The lowest BCUT2D eigenvalue weighted by atomic mass is 10.1. The molecule has 0 aliphatic heterocycles. The molecular formula is C19H19N5O. The average Bonchev–Trinajstić information content (AvgIpc) is 3.14. The minimum Gasteiger partial charge on any atom is -0.365 e. The molecule has 4 heterocycles. The SMILES string of the molecule is Cc1cc2c(NCc3cccnc3)nc(-c3c(C)noc3C)cc2[nH]1. The van der Waals surface area contributed by atoms with E-state index in [1.54, 1.807) is 6.20 Å². The summed E-state index contributed by atoms with van der Waals surface area (Å²) < 4.78 is 5.31. The monoisotopic (exact) mass is 333 g/mol. The van der Waals surface area contributed by atoms with E-state index < -0.39 is 0 Å². The molecule has 0 saturated heterocycles. The van der Waals surface area contributed by atoms with Gasteiger partial charge in [-0.1, -0.05) is 11.2 Å². The Bertz CT molecular complexity index is 1010. The second kappa shape index (κ2) is 6.05. The molecule has 4 aromatic heterocycles. The van der Waals surface area contributed by atoms with Crippen molar-refractivity contribution in [3.63, 3.8) is 0 Å². The van der Waals surface area contributed by atoms with Gasteiger partial charge in [0.25, 0.3) is 0 Å². The van der Waals surface area contributed by atoms with Crippen LogP contribution in [0.15, 0.2) is 41.2 Å². The molecule has 0 amide bonds. The minimum absolute atomic E-state index is 0.658. The summed E-state index contributed by atoms with van der Waals surface area (Å²) in [5, 5.41) is 8.55. The third-order valence-corrected chi connectivity index (χ3v) is 4.22. The van der Waals surface area contributed by atoms with Crippen molar-refractivity contribution in [1.82, 2.24) is 20.1 Å². The van der Waals surface area contributed by atoms with E-state index in [-0.39, 0.29) is 0 Å². The van der Waals surface area contributed by atoms with Crippen LogP contribution in [0.2, 0.25) is 0 Å². The van der Waals surface area contributed by atoms with Gasteiger partial charge in [0.2, 0.25) is 0 Å². The van der Waals surface area contributed by atoms with Crippen LogP contribution in [0.5, 0.6) is 0 Å². The number of H-pyrrole nitrogens is 1. The number of hydrogen-bond acceptors (Lipinski definition) is 5. The number of anilines is 1. The quantitative estimate of drug-likeness (QED) is 0.586. The van der Waals surface area contributed by atoms with Crippen LogP contribution in [0, 0.1) is 20.8 Å². The topological polar surface area (TPSA) is 79.6 Å². The van der Waals surface area contributed by atoms with Crippen LogP contribution >= 0.6 is 0 Å². The molecule has 4 aromatic rings. The Morgan fingerprint density at radius 1 is 1.20 bits per heavy atom. The van der Waals surface area contributed by atoms with Crippen molar-refractivity contribution in [1.29, 1.82) is 0 Å². The Hall–Kier alpha value is -3.15. The van der Waals surface area contributed by atoms with Crippen LogP contribution in [0.3, 0.4) is 0 Å². The maximum atomic E-state index is 5.31. The van der Waals surface area contributed by atoms with Crippen molar-refractivity contribution < 1.29 is 4.52 Å². The molecule has 6 nitrogen and oxygen atoms in total. The second-order valence-electron chi connectivity index (χ2n) is 6.18. The standard InChI is InChI=1S/C19H19N5O/c1-11-7-15-16(22-11)8-17(18-12(2)24-25-13(18)3)23-19(15)21-10-14-5-4-6-20-9-14/h4-9,22H,10H2,1-3H3,(H,21,23). The molecule has 0 unspecified atom stereocenters. The maximum Gasteiger partial charge on any atom is 0.143 e. The zero-order chi connectivity index (χ0) is 17.4. The first-order valence-electron chi connectivity index (χ1n) is 8.18. The lowest BCUT2D eigenvalue weighted by Crippen LogP contribution is -2.03. The predicted molar refractivity (Wildman–Crippen MR) is 97.4 cm³/mol. The summed E-state index contributed by atoms with van der Waals surface area (Å²) in [5.74, 6) is 1.60. The van der Waals surface area contributed by atoms with E-state index >= 15 is 0 Å². The van der Waals surface area contributed by atoms with E-state index in [1.807, 2.05) is 45.2 Å². The van der Waals surface area contributed by atoms with Crippen molar-refractivity contribution in [2.24, 2.45) is 0 Å². The number of pyridine rings is 2. The smallest absolute Gasteiger partial charge is 0.143 e. The van der Waals surface area contributed by atoms with Crippen LogP contribution in [0.4, 0.5) is 5.82 Å². The largest absolute Gasteiger partial charge is 0.365 e. The first-order chi connectivity index (χ1) is 12.1. The van der Waals surface area contributed by atoms with Gasteiger partial charge in [-0.3, -0.25) is 4.98 Å². The summed E-state index contributed by atoms with van der Waals surface area (Å²) in [4.78, 5) is 12.4. The maximum absolute atomic E-state index is 5.31. The molecule has 0 saturated carbocycles. The molecule has 0 aromatic carbocycles. The molecule has 0 radical (unpaired) electrons. The number of aromatic amines is 1. The highest BCUT2D eigenvalue weighted by Crippen LogP contribution is 2.31. The zero-order valence-corrected chi connectivity index (χ0v) is 14.4. The summed E-state index contributed by atoms with van der Waals surface area (Å²) in [7, 11) is 0. The van der Waals surface area contributed by atoms with Gasteiger partial charge in [0.15, 0.2) is 0 Å². The Kier molecular flexibility index (Phi) is 3.72. The molecule has 4 rings (SSSR count). The number of nitrogens with zero attached hydrogens (tertiary/aromatic N) is 3. The van der Waals surface area contributed by atoms with Gasteiger partial charge in [0.1, 0.15) is 11.6 Å². The van der Waals surface area contributed by atoms with Crippen molar-refractivity contribution in [3.05, 3.63) is 59.4 Å². The third-order valence-electron chi connectivity index (χ3n) is 4.22. The lowest BCUT2D eigenvalue weighted by Gasteiger charge is -2.09. The number of hydrogen-bond donors (Lipinski definition) is 2. The molecule has 2 N–H and O–H groups in total. The Balaban J connectivity index is 1.79. The van der Waals surface area contributed by atoms with Gasteiger partial charge >= 0.3 is 0 Å². The summed E-state index contributed by atoms with van der Waals surface area (Å²) in [6, 6.07) is 8.12. The van der Waals surface area contributed by atoms with Crippen LogP contribution in [0.1, 0.15) is 22.7 Å². The number of aryl methyl sites for hydroxylation is 3. The first-order valence-corrected chi connectivity index (χ1v) is 8.18. The van der Waals surface area contributed by atoms with Crippen molar-refractivity contribution in [2.75, 3.05) is 5.32 Å². The van der Waals surface area contributed by atoms with Gasteiger partial charge in [0, 0.05) is 30.0 Å². The predicted octanol–water partition coefficient (Wildman–Crippen LogP) is 4.15. The highest BCUT2D eigenvalue weighted by Gasteiger charge is 2.16. The van der Waals surface area contributed by atoms with Crippen molar-refractivity contribution >= 4 is 16.7 Å². The summed E-state index contributed by atoms with van der Waals surface area (Å²) in [6.07, 6.45) is 3.62. The zero-order valence-electron chi connectivity index (χ0n) is 14.4. The van der Waals surface area contributed by atoms with E-state index in [4.69, 9.17) is 9.51 Å². The van der Waals surface area contributed by atoms with E-state index in [2.05, 4.69) is 26.5 Å². The fraction of sp³-hybridized carbons (Fsp3) is 0.211. The van der Waals surface area contributed by atoms with Crippen LogP contribution in [0.25, 0.3) is 22.2 Å². The molecule has 0 aliphatic rings. The highest BCUT2D eigenvalue weighted by atomic mass is 16.5. The van der Waals surface area contributed by atoms with Crippen LogP contribution < -0.4 is 5.32 Å². The number of nitrogens with one attached hydrogen (secondary N) is 2. The van der Waals surface area contributed by atoms with Gasteiger partial charge in [-0.05, 0) is 44.5 Å². The average molecular weight is 333 g/mol. The highest BCUT2D eigenvalue weighted by molar-refractivity contribution is 5.93. The Labute approximate surface area is 145 Å². The lowest BCUT2D eigenvalue weighted by molar-refractivity contribution is 0.393. The third kappa shape index (κ3) is 2.87. The molecule has 25 heavy (non-hydrogen) atoms. The number of rotatable bonds is 4. The summed E-state index contributed by atoms with van der Waals surface area (Å²) in [6.45, 7) is 6.54. The summed E-state index contributed by atoms with van der Waals surface area (Å²) >= 11 is 0. The van der Waals surface area contributed by atoms with E-state index in [1.165, 1.54) is 0 Å². The molecule has 0 spiro atoms. The van der Waals surface area contributed by atoms with Crippen LogP contribution in [-0.2, 0) is 6.54 Å². The Morgan fingerprint density at radius 2 is 2.08 bits per heavy atom. The van der Waals surface area contributed by atoms with Gasteiger partial charge in [0.05, 0.1) is 22.5 Å². The molecule has 6 heteroatoms. The van der Waals surface area contributed by atoms with Gasteiger partial charge in [-0.25, -0.2) is 4.98 Å². The number of fused-ring (bicyclic) bond motifs is 1. The molecule has 0 bridgehead atoms. The molecule has 0 fully saturated rings. The van der Waals surface area contributed by atoms with Crippen molar-refractivity contribution in [3.8, 4) is 11.3 Å². The second-order valence-corrected chi connectivity index (χ2v) is 6.18. The fourth-order valence-electron chi connectivity index (χ4n) is 3.07. The van der Waals surface area contributed by atoms with E-state index in [9.17, 15) is 0 Å². The van der Waals surface area contributed by atoms with E-state index in [0.717, 1.165) is 50.7 Å². The molecule has 0 atom stereocenters.